The molecular formula is C21H15N3O. The molecule has 25 heavy (non-hydrogen) atoms. The molecule has 0 N–H and O–H groups in total. The smallest absolute Gasteiger partial charge is 0.296 e. The zero-order valence-corrected chi connectivity index (χ0v) is 13.7. The van der Waals surface area contributed by atoms with Gasteiger partial charge in [0.05, 0.1) is 16.6 Å². The summed E-state index contributed by atoms with van der Waals surface area (Å²) in [6.07, 6.45) is 3.58. The van der Waals surface area contributed by atoms with Gasteiger partial charge in [-0.1, -0.05) is 48.5 Å². The number of hydrogen-bond acceptors (Lipinski definition) is 2. The molecule has 0 aliphatic carbocycles. The van der Waals surface area contributed by atoms with Crippen molar-refractivity contribution in [2.75, 3.05) is 0 Å². The molecule has 5 rings (SSSR count). The second kappa shape index (κ2) is 5.05. The number of para-hydroxylation sites is 1. The van der Waals surface area contributed by atoms with Gasteiger partial charge >= 0.3 is 5.69 Å². The molecule has 5 aromatic rings. The fourth-order valence-corrected chi connectivity index (χ4v) is 3.70. The lowest BCUT2D eigenvalue weighted by Crippen LogP contribution is -2.24. The number of rotatable bonds is 1. The van der Waals surface area contributed by atoms with Crippen LogP contribution in [0.2, 0.25) is 0 Å². The van der Waals surface area contributed by atoms with E-state index in [1.165, 1.54) is 0 Å². The molecule has 0 amide bonds. The van der Waals surface area contributed by atoms with Crippen LogP contribution in [0.15, 0.2) is 77.9 Å². The molecule has 0 atom stereocenters. The van der Waals surface area contributed by atoms with Gasteiger partial charge in [-0.2, -0.15) is 0 Å². The summed E-state index contributed by atoms with van der Waals surface area (Å²) in [6.45, 7) is 0. The predicted octanol–water partition coefficient (Wildman–Crippen LogP) is 4.01. The number of nitrogens with zero attached hydrogens (tertiary/aromatic N) is 3. The molecule has 3 aromatic heterocycles. The first-order chi connectivity index (χ1) is 12.3. The Hall–Kier alpha value is -3.40. The topological polar surface area (TPSA) is 39.3 Å². The van der Waals surface area contributed by atoms with E-state index in [1.54, 1.807) is 10.8 Å². The van der Waals surface area contributed by atoms with E-state index in [1.807, 2.05) is 60.1 Å². The van der Waals surface area contributed by atoms with Crippen molar-refractivity contribution in [2.24, 2.45) is 7.05 Å². The van der Waals surface area contributed by atoms with E-state index in [4.69, 9.17) is 0 Å². The Morgan fingerprint density at radius 3 is 2.44 bits per heavy atom. The van der Waals surface area contributed by atoms with Crippen molar-refractivity contribution in [3.05, 3.63) is 83.5 Å². The summed E-state index contributed by atoms with van der Waals surface area (Å²) in [7, 11) is 1.82. The number of hydrogen-bond donors (Lipinski definition) is 0. The van der Waals surface area contributed by atoms with Crippen molar-refractivity contribution < 1.29 is 0 Å². The minimum absolute atomic E-state index is 0.0490. The van der Waals surface area contributed by atoms with Crippen molar-refractivity contribution in [1.82, 2.24) is 14.0 Å². The van der Waals surface area contributed by atoms with Crippen LogP contribution in [0.25, 0.3) is 38.4 Å². The standard InChI is InChI=1S/C21H15N3O/c1-23-17-10-6-5-9-15(17)20-19(14-7-3-2-4-8-14)16-13-22-12-11-18(16)24(20)21(23)25/h2-13H,1H3. The van der Waals surface area contributed by atoms with Gasteiger partial charge in [-0.25, -0.2) is 4.79 Å². The van der Waals surface area contributed by atoms with E-state index in [0.717, 1.165) is 38.4 Å². The van der Waals surface area contributed by atoms with Crippen LogP contribution in [0.3, 0.4) is 0 Å². The highest BCUT2D eigenvalue weighted by Gasteiger charge is 2.19. The molecule has 0 fully saturated rings. The second-order valence-corrected chi connectivity index (χ2v) is 6.18. The highest BCUT2D eigenvalue weighted by atomic mass is 16.1. The Bertz CT molecular complexity index is 1310. The van der Waals surface area contributed by atoms with Crippen molar-refractivity contribution in [2.45, 2.75) is 0 Å². The summed E-state index contributed by atoms with van der Waals surface area (Å²) >= 11 is 0. The predicted molar refractivity (Wildman–Crippen MR) is 101 cm³/mol. The molecule has 3 heterocycles. The van der Waals surface area contributed by atoms with Crippen LogP contribution in [-0.2, 0) is 7.05 Å². The number of benzene rings is 2. The molecule has 0 aliphatic heterocycles. The summed E-state index contributed by atoms with van der Waals surface area (Å²) < 4.78 is 3.51. The maximum atomic E-state index is 13.1. The van der Waals surface area contributed by atoms with Crippen LogP contribution in [0, 0.1) is 0 Å². The average molecular weight is 325 g/mol. The van der Waals surface area contributed by atoms with Crippen molar-refractivity contribution >= 4 is 27.3 Å². The van der Waals surface area contributed by atoms with Gasteiger partial charge in [0.25, 0.3) is 0 Å². The van der Waals surface area contributed by atoms with Gasteiger partial charge in [-0.05, 0) is 17.7 Å². The van der Waals surface area contributed by atoms with E-state index in [0.29, 0.717) is 0 Å². The molecule has 2 aromatic carbocycles. The van der Waals surface area contributed by atoms with Crippen LogP contribution in [-0.4, -0.2) is 14.0 Å². The van der Waals surface area contributed by atoms with E-state index in [9.17, 15) is 4.79 Å². The van der Waals surface area contributed by atoms with Crippen molar-refractivity contribution in [3.63, 3.8) is 0 Å². The second-order valence-electron chi connectivity index (χ2n) is 6.18. The average Bonchev–Trinajstić information content (AvgIpc) is 3.02. The number of aromatic nitrogens is 3. The molecule has 120 valence electrons. The Morgan fingerprint density at radius 2 is 1.60 bits per heavy atom. The number of pyridine rings is 1. The molecule has 4 heteroatoms. The van der Waals surface area contributed by atoms with E-state index in [-0.39, 0.29) is 5.69 Å². The lowest BCUT2D eigenvalue weighted by Gasteiger charge is -2.09. The third-order valence-corrected chi connectivity index (χ3v) is 4.83. The Kier molecular flexibility index (Phi) is 2.82. The number of fused-ring (bicyclic) bond motifs is 5. The third kappa shape index (κ3) is 1.82. The first-order valence-electron chi connectivity index (χ1n) is 8.18. The van der Waals surface area contributed by atoms with Gasteiger partial charge in [-0.3, -0.25) is 14.0 Å². The fraction of sp³-hybridized carbons (Fsp3) is 0.0476. The molecule has 0 unspecified atom stereocenters. The summed E-state index contributed by atoms with van der Waals surface area (Å²) in [5, 5.41) is 2.04. The van der Waals surface area contributed by atoms with Gasteiger partial charge in [0.2, 0.25) is 0 Å². The van der Waals surface area contributed by atoms with Gasteiger partial charge < -0.3 is 0 Å². The highest BCUT2D eigenvalue weighted by molar-refractivity contribution is 6.13. The summed E-state index contributed by atoms with van der Waals surface area (Å²) in [5.41, 5.74) is 4.84. The van der Waals surface area contributed by atoms with Crippen molar-refractivity contribution in [1.29, 1.82) is 0 Å². The number of aryl methyl sites for hydroxylation is 1. The molecule has 0 radical (unpaired) electrons. The maximum absolute atomic E-state index is 13.1. The summed E-state index contributed by atoms with van der Waals surface area (Å²) in [5.74, 6) is 0. The lowest BCUT2D eigenvalue weighted by atomic mass is 10.0. The van der Waals surface area contributed by atoms with Gasteiger partial charge in [0.15, 0.2) is 0 Å². The van der Waals surface area contributed by atoms with E-state index < -0.39 is 0 Å². The Balaban J connectivity index is 2.18. The summed E-state index contributed by atoms with van der Waals surface area (Å²) in [6, 6.07) is 20.1. The fourth-order valence-electron chi connectivity index (χ4n) is 3.70. The minimum Gasteiger partial charge on any atom is -0.296 e. The zero-order chi connectivity index (χ0) is 17.0. The molecule has 0 aliphatic rings. The first-order valence-corrected chi connectivity index (χ1v) is 8.18. The van der Waals surface area contributed by atoms with Crippen LogP contribution in [0.4, 0.5) is 0 Å². The van der Waals surface area contributed by atoms with Crippen LogP contribution >= 0.6 is 0 Å². The Morgan fingerprint density at radius 1 is 0.840 bits per heavy atom. The van der Waals surface area contributed by atoms with Crippen molar-refractivity contribution in [3.8, 4) is 11.1 Å². The summed E-state index contributed by atoms with van der Waals surface area (Å²) in [4.78, 5) is 17.4. The molecule has 0 bridgehead atoms. The maximum Gasteiger partial charge on any atom is 0.333 e. The SMILES string of the molecule is Cn1c(=O)n2c3ccncc3c(-c3ccccc3)c2c2ccccc21. The third-order valence-electron chi connectivity index (χ3n) is 4.83. The molecular weight excluding hydrogens is 310 g/mol. The monoisotopic (exact) mass is 325 g/mol. The Labute approximate surface area is 143 Å². The van der Waals surface area contributed by atoms with Crippen LogP contribution < -0.4 is 5.69 Å². The van der Waals surface area contributed by atoms with E-state index >= 15 is 0 Å². The van der Waals surface area contributed by atoms with Crippen LogP contribution in [0.1, 0.15) is 0 Å². The zero-order valence-electron chi connectivity index (χ0n) is 13.7. The highest BCUT2D eigenvalue weighted by Crippen LogP contribution is 2.37. The molecule has 0 saturated carbocycles. The van der Waals surface area contributed by atoms with E-state index in [2.05, 4.69) is 23.2 Å². The van der Waals surface area contributed by atoms with Gasteiger partial charge in [-0.15, -0.1) is 0 Å². The molecule has 4 nitrogen and oxygen atoms in total. The van der Waals surface area contributed by atoms with Gasteiger partial charge in [0.1, 0.15) is 0 Å². The molecule has 0 spiro atoms. The normalized spacial score (nSPS) is 11.6. The largest absolute Gasteiger partial charge is 0.333 e. The lowest BCUT2D eigenvalue weighted by molar-refractivity contribution is 0.838. The minimum atomic E-state index is -0.0490. The molecule has 0 saturated heterocycles. The first kappa shape index (κ1) is 14.0. The van der Waals surface area contributed by atoms with Crippen LogP contribution in [0.5, 0.6) is 0 Å². The quantitative estimate of drug-likeness (QED) is 0.467. The van der Waals surface area contributed by atoms with Gasteiger partial charge in [0, 0.05) is 35.8 Å².